The van der Waals surface area contributed by atoms with Crippen molar-refractivity contribution >= 4 is 27.5 Å². The Balaban J connectivity index is 2.96. The predicted molar refractivity (Wildman–Crippen MR) is 65.1 cm³/mol. The Bertz CT molecular complexity index is 345. The molecule has 0 radical (unpaired) electrons. The minimum Gasteiger partial charge on any atom is -0.387 e. The van der Waals surface area contributed by atoms with Crippen LogP contribution in [0.25, 0.3) is 0 Å². The van der Waals surface area contributed by atoms with Crippen LogP contribution in [-0.4, -0.2) is 5.84 Å². The fourth-order valence-electron chi connectivity index (χ4n) is 1.19. The summed E-state index contributed by atoms with van der Waals surface area (Å²) in [5.74, 6) is 0.693. The van der Waals surface area contributed by atoms with Crippen molar-refractivity contribution in [2.24, 2.45) is 10.7 Å². The van der Waals surface area contributed by atoms with Crippen LogP contribution in [0.4, 0.5) is 5.69 Å². The Morgan fingerprint density at radius 2 is 2.21 bits per heavy atom. The van der Waals surface area contributed by atoms with E-state index in [-0.39, 0.29) is 0 Å². The van der Waals surface area contributed by atoms with Gasteiger partial charge in [-0.3, -0.25) is 0 Å². The van der Waals surface area contributed by atoms with Crippen molar-refractivity contribution in [3.8, 4) is 0 Å². The number of nitrogens with two attached hydrogens (primary N) is 1. The van der Waals surface area contributed by atoms with E-state index in [0.717, 1.165) is 23.0 Å². The Kier molecular flexibility index (Phi) is 4.14. The molecule has 0 atom stereocenters. The van der Waals surface area contributed by atoms with Gasteiger partial charge >= 0.3 is 0 Å². The Labute approximate surface area is 93.4 Å². The largest absolute Gasteiger partial charge is 0.387 e. The van der Waals surface area contributed by atoms with Crippen LogP contribution in [0.1, 0.15) is 25.3 Å². The minimum absolute atomic E-state index is 0.693. The number of halogens is 1. The molecule has 1 aromatic carbocycles. The molecule has 3 heteroatoms. The summed E-state index contributed by atoms with van der Waals surface area (Å²) >= 11 is 3.50. The van der Waals surface area contributed by atoms with Gasteiger partial charge in [-0.15, -0.1) is 0 Å². The van der Waals surface area contributed by atoms with Crippen molar-refractivity contribution in [2.45, 2.75) is 26.7 Å². The summed E-state index contributed by atoms with van der Waals surface area (Å²) in [7, 11) is 0. The van der Waals surface area contributed by atoms with Gasteiger partial charge < -0.3 is 5.73 Å². The van der Waals surface area contributed by atoms with Gasteiger partial charge in [0.15, 0.2) is 0 Å². The second kappa shape index (κ2) is 5.15. The SMILES string of the molecule is CCCC(N)=Nc1cccc(C)c1Br. The Morgan fingerprint density at radius 3 is 2.86 bits per heavy atom. The Morgan fingerprint density at radius 1 is 1.50 bits per heavy atom. The van der Waals surface area contributed by atoms with Gasteiger partial charge in [0.25, 0.3) is 0 Å². The molecule has 14 heavy (non-hydrogen) atoms. The van der Waals surface area contributed by atoms with Crippen molar-refractivity contribution in [2.75, 3.05) is 0 Å². The quantitative estimate of drug-likeness (QED) is 0.651. The average Bonchev–Trinajstić information content (AvgIpc) is 2.13. The summed E-state index contributed by atoms with van der Waals surface area (Å²) < 4.78 is 1.03. The molecule has 0 aliphatic rings. The second-order valence-corrected chi connectivity index (χ2v) is 4.05. The molecule has 0 saturated carbocycles. The molecule has 0 fully saturated rings. The van der Waals surface area contributed by atoms with Gasteiger partial charge in [0.05, 0.1) is 11.5 Å². The van der Waals surface area contributed by atoms with E-state index in [1.807, 2.05) is 25.1 Å². The van der Waals surface area contributed by atoms with Crippen molar-refractivity contribution in [1.82, 2.24) is 0 Å². The molecule has 0 bridgehead atoms. The first-order chi connectivity index (χ1) is 6.65. The molecular formula is C11H15BrN2. The van der Waals surface area contributed by atoms with E-state index in [4.69, 9.17) is 5.73 Å². The number of rotatable bonds is 3. The monoisotopic (exact) mass is 254 g/mol. The molecule has 0 amide bonds. The molecule has 0 heterocycles. The second-order valence-electron chi connectivity index (χ2n) is 3.26. The fourth-order valence-corrected chi connectivity index (χ4v) is 1.54. The maximum Gasteiger partial charge on any atom is 0.0996 e. The van der Waals surface area contributed by atoms with Crippen molar-refractivity contribution < 1.29 is 0 Å². The smallest absolute Gasteiger partial charge is 0.0996 e. The Hall–Kier alpha value is -0.830. The van der Waals surface area contributed by atoms with Gasteiger partial charge in [-0.25, -0.2) is 4.99 Å². The number of benzene rings is 1. The van der Waals surface area contributed by atoms with Crippen molar-refractivity contribution in [1.29, 1.82) is 0 Å². The van der Waals surface area contributed by atoms with E-state index in [9.17, 15) is 0 Å². The number of nitrogens with zero attached hydrogens (tertiary/aromatic N) is 1. The standard InChI is InChI=1S/C11H15BrN2/c1-3-5-10(13)14-9-7-4-6-8(2)11(9)12/h4,6-7H,3,5H2,1-2H3,(H2,13,14). The third-order valence-electron chi connectivity index (χ3n) is 1.94. The average molecular weight is 255 g/mol. The normalized spacial score (nSPS) is 11.8. The van der Waals surface area contributed by atoms with Gasteiger partial charge in [-0.2, -0.15) is 0 Å². The molecule has 2 N–H and O–H groups in total. The molecule has 1 aromatic rings. The molecule has 0 spiro atoms. The number of hydrogen-bond acceptors (Lipinski definition) is 1. The first-order valence-electron chi connectivity index (χ1n) is 4.73. The highest BCUT2D eigenvalue weighted by Gasteiger charge is 2.01. The molecule has 0 saturated heterocycles. The lowest BCUT2D eigenvalue weighted by molar-refractivity contribution is 0.983. The molecule has 0 unspecified atom stereocenters. The maximum atomic E-state index is 5.76. The van der Waals surface area contributed by atoms with Crippen molar-refractivity contribution in [3.05, 3.63) is 28.2 Å². The van der Waals surface area contributed by atoms with Gasteiger partial charge in [0.2, 0.25) is 0 Å². The van der Waals surface area contributed by atoms with Crippen LogP contribution < -0.4 is 5.73 Å². The van der Waals surface area contributed by atoms with Crippen LogP contribution in [-0.2, 0) is 0 Å². The molecule has 0 aromatic heterocycles. The summed E-state index contributed by atoms with van der Waals surface area (Å²) in [5, 5.41) is 0. The third kappa shape index (κ3) is 2.84. The topological polar surface area (TPSA) is 38.4 Å². The zero-order chi connectivity index (χ0) is 10.6. The molecule has 2 nitrogen and oxygen atoms in total. The summed E-state index contributed by atoms with van der Waals surface area (Å²) in [5.41, 5.74) is 7.85. The predicted octanol–water partition coefficient (Wildman–Crippen LogP) is 3.55. The first-order valence-corrected chi connectivity index (χ1v) is 5.52. The summed E-state index contributed by atoms with van der Waals surface area (Å²) in [4.78, 5) is 4.36. The summed E-state index contributed by atoms with van der Waals surface area (Å²) in [6.45, 7) is 4.13. The number of amidine groups is 1. The molecular weight excluding hydrogens is 240 g/mol. The summed E-state index contributed by atoms with van der Waals surface area (Å²) in [6, 6.07) is 5.98. The first kappa shape index (κ1) is 11.2. The van der Waals surface area contributed by atoms with E-state index in [1.165, 1.54) is 5.56 Å². The van der Waals surface area contributed by atoms with Crippen LogP contribution in [0.5, 0.6) is 0 Å². The number of aryl methyl sites for hydroxylation is 1. The van der Waals surface area contributed by atoms with E-state index in [2.05, 4.69) is 27.8 Å². The minimum atomic E-state index is 0.693. The van der Waals surface area contributed by atoms with E-state index in [0.29, 0.717) is 5.84 Å². The fraction of sp³-hybridized carbons (Fsp3) is 0.364. The van der Waals surface area contributed by atoms with Crippen LogP contribution in [0.15, 0.2) is 27.7 Å². The van der Waals surface area contributed by atoms with E-state index in [1.54, 1.807) is 0 Å². The van der Waals surface area contributed by atoms with Crippen LogP contribution in [0, 0.1) is 6.92 Å². The third-order valence-corrected chi connectivity index (χ3v) is 2.97. The maximum absolute atomic E-state index is 5.76. The zero-order valence-corrected chi connectivity index (χ0v) is 10.1. The molecule has 0 aliphatic carbocycles. The van der Waals surface area contributed by atoms with Gasteiger partial charge in [-0.05, 0) is 40.9 Å². The summed E-state index contributed by atoms with van der Waals surface area (Å²) in [6.07, 6.45) is 1.87. The van der Waals surface area contributed by atoms with Gasteiger partial charge in [0.1, 0.15) is 0 Å². The molecule has 1 rings (SSSR count). The highest BCUT2D eigenvalue weighted by Crippen LogP contribution is 2.28. The highest BCUT2D eigenvalue weighted by atomic mass is 79.9. The number of hydrogen-bond donors (Lipinski definition) is 1. The molecule has 0 aliphatic heterocycles. The lowest BCUT2D eigenvalue weighted by atomic mass is 10.2. The van der Waals surface area contributed by atoms with E-state index >= 15 is 0 Å². The van der Waals surface area contributed by atoms with E-state index < -0.39 is 0 Å². The highest BCUT2D eigenvalue weighted by molar-refractivity contribution is 9.10. The lowest BCUT2D eigenvalue weighted by Gasteiger charge is -2.03. The van der Waals surface area contributed by atoms with Crippen molar-refractivity contribution in [3.63, 3.8) is 0 Å². The molecule has 76 valence electrons. The van der Waals surface area contributed by atoms with Gasteiger partial charge in [0, 0.05) is 10.9 Å². The number of aliphatic imine (C=N–C) groups is 1. The van der Waals surface area contributed by atoms with Crippen LogP contribution in [0.3, 0.4) is 0 Å². The van der Waals surface area contributed by atoms with Crippen LogP contribution in [0.2, 0.25) is 0 Å². The van der Waals surface area contributed by atoms with Gasteiger partial charge in [-0.1, -0.05) is 19.1 Å². The van der Waals surface area contributed by atoms with Crippen LogP contribution >= 0.6 is 15.9 Å². The lowest BCUT2D eigenvalue weighted by Crippen LogP contribution is -2.09. The zero-order valence-electron chi connectivity index (χ0n) is 8.55.